The molecule has 2 fully saturated rings. The quantitative estimate of drug-likeness (QED) is 0.477. The van der Waals surface area contributed by atoms with Crippen molar-refractivity contribution in [3.05, 3.63) is 34.9 Å². The number of fused-ring (bicyclic) bond motifs is 3. The van der Waals surface area contributed by atoms with Gasteiger partial charge in [0.15, 0.2) is 6.61 Å². The SMILES string of the molecule is CC(C)c1ccc2c(c1)CC[C@H]1[C@](C)(C(=O)OCC#CCN3CCCC3)CCC[C@]21C. The lowest BCUT2D eigenvalue weighted by atomic mass is 9.49. The van der Waals surface area contributed by atoms with Gasteiger partial charge in [-0.25, -0.2) is 0 Å². The van der Waals surface area contributed by atoms with Crippen LogP contribution in [-0.2, 0) is 21.4 Å². The van der Waals surface area contributed by atoms with E-state index in [1.54, 1.807) is 0 Å². The van der Waals surface area contributed by atoms with Crippen LogP contribution in [0.15, 0.2) is 18.2 Å². The molecule has 168 valence electrons. The van der Waals surface area contributed by atoms with Gasteiger partial charge >= 0.3 is 5.97 Å². The van der Waals surface area contributed by atoms with E-state index in [1.165, 1.54) is 29.5 Å². The Morgan fingerprint density at radius 1 is 1.16 bits per heavy atom. The van der Waals surface area contributed by atoms with E-state index in [1.807, 2.05) is 0 Å². The van der Waals surface area contributed by atoms with Gasteiger partial charge in [0, 0.05) is 0 Å². The number of carbonyl (C=O) groups is 1. The van der Waals surface area contributed by atoms with Crippen LogP contribution in [-0.4, -0.2) is 37.1 Å². The van der Waals surface area contributed by atoms with Crippen molar-refractivity contribution in [2.45, 2.75) is 84.0 Å². The number of aryl methyl sites for hydroxylation is 1. The van der Waals surface area contributed by atoms with Gasteiger partial charge in [-0.05, 0) is 92.5 Å². The van der Waals surface area contributed by atoms with Gasteiger partial charge in [-0.2, -0.15) is 0 Å². The smallest absolute Gasteiger partial charge is 0.313 e. The van der Waals surface area contributed by atoms with Crippen molar-refractivity contribution in [1.82, 2.24) is 4.90 Å². The standard InChI is InChI=1S/C28H39NO2/c1-21(2)22-10-12-24-23(20-22)11-13-25-27(24,3)14-9-15-28(25,4)26(30)31-19-8-7-18-29-16-5-6-17-29/h10,12,20-21,25H,5-6,9,11,13-19H2,1-4H3/t25-,27-,28-/m1/s1. The number of hydrogen-bond donors (Lipinski definition) is 0. The molecular weight excluding hydrogens is 382 g/mol. The average Bonchev–Trinajstić information content (AvgIpc) is 3.26. The molecule has 0 N–H and O–H groups in total. The van der Waals surface area contributed by atoms with Crippen LogP contribution < -0.4 is 0 Å². The van der Waals surface area contributed by atoms with Gasteiger partial charge in [-0.1, -0.05) is 57.2 Å². The van der Waals surface area contributed by atoms with Crippen molar-refractivity contribution in [3.8, 4) is 11.8 Å². The summed E-state index contributed by atoms with van der Waals surface area (Å²) in [6, 6.07) is 7.08. The van der Waals surface area contributed by atoms with Crippen molar-refractivity contribution >= 4 is 5.97 Å². The molecule has 3 nitrogen and oxygen atoms in total. The number of carbonyl (C=O) groups excluding carboxylic acids is 1. The maximum atomic E-state index is 13.3. The average molecular weight is 422 g/mol. The molecule has 1 saturated heterocycles. The summed E-state index contributed by atoms with van der Waals surface area (Å²) >= 11 is 0. The van der Waals surface area contributed by atoms with Gasteiger partial charge in [-0.3, -0.25) is 9.69 Å². The van der Waals surface area contributed by atoms with E-state index in [4.69, 9.17) is 4.74 Å². The van der Waals surface area contributed by atoms with Crippen LogP contribution in [0.4, 0.5) is 0 Å². The van der Waals surface area contributed by atoms with Crippen LogP contribution in [0.5, 0.6) is 0 Å². The molecule has 0 unspecified atom stereocenters. The van der Waals surface area contributed by atoms with E-state index in [-0.39, 0.29) is 18.0 Å². The summed E-state index contributed by atoms with van der Waals surface area (Å²) in [5.41, 5.74) is 4.02. The minimum atomic E-state index is -0.419. The number of ether oxygens (including phenoxy) is 1. The zero-order chi connectivity index (χ0) is 22.1. The Kier molecular flexibility index (Phi) is 6.50. The fraction of sp³-hybridized carbons (Fsp3) is 0.679. The molecule has 1 heterocycles. The third kappa shape index (κ3) is 4.29. The Hall–Kier alpha value is -1.79. The molecule has 0 aromatic heterocycles. The summed E-state index contributed by atoms with van der Waals surface area (Å²) in [6.45, 7) is 12.4. The highest BCUT2D eigenvalue weighted by molar-refractivity contribution is 5.77. The molecule has 0 radical (unpaired) electrons. The molecule has 31 heavy (non-hydrogen) atoms. The Morgan fingerprint density at radius 2 is 1.94 bits per heavy atom. The van der Waals surface area contributed by atoms with Gasteiger partial charge in [-0.15, -0.1) is 0 Å². The topological polar surface area (TPSA) is 29.5 Å². The van der Waals surface area contributed by atoms with E-state index in [0.29, 0.717) is 11.8 Å². The van der Waals surface area contributed by atoms with Gasteiger partial charge in [0.1, 0.15) is 0 Å². The summed E-state index contributed by atoms with van der Waals surface area (Å²) in [6.07, 6.45) is 7.83. The van der Waals surface area contributed by atoms with Gasteiger partial charge in [0.2, 0.25) is 0 Å². The number of nitrogens with zero attached hydrogens (tertiary/aromatic N) is 1. The van der Waals surface area contributed by atoms with E-state index >= 15 is 0 Å². The van der Waals surface area contributed by atoms with Crippen LogP contribution in [0.3, 0.4) is 0 Å². The summed E-state index contributed by atoms with van der Waals surface area (Å²) in [5, 5.41) is 0. The first-order chi connectivity index (χ1) is 14.8. The molecule has 1 aliphatic heterocycles. The van der Waals surface area contributed by atoms with E-state index in [2.05, 4.69) is 62.6 Å². The summed E-state index contributed by atoms with van der Waals surface area (Å²) in [7, 11) is 0. The largest absolute Gasteiger partial charge is 0.452 e. The van der Waals surface area contributed by atoms with Crippen molar-refractivity contribution < 1.29 is 9.53 Å². The molecule has 1 aromatic carbocycles. The van der Waals surface area contributed by atoms with E-state index < -0.39 is 5.41 Å². The first kappa shape index (κ1) is 22.4. The minimum Gasteiger partial charge on any atom is -0.452 e. The van der Waals surface area contributed by atoms with Crippen LogP contribution in [0.2, 0.25) is 0 Å². The zero-order valence-corrected chi connectivity index (χ0v) is 19.9. The van der Waals surface area contributed by atoms with Crippen molar-refractivity contribution in [2.24, 2.45) is 11.3 Å². The van der Waals surface area contributed by atoms with Gasteiger partial charge in [0.05, 0.1) is 12.0 Å². The first-order valence-corrected chi connectivity index (χ1v) is 12.3. The number of likely N-dealkylation sites (tertiary alicyclic amines) is 1. The third-order valence-corrected chi connectivity index (χ3v) is 8.41. The fourth-order valence-corrected chi connectivity index (χ4v) is 6.54. The van der Waals surface area contributed by atoms with E-state index in [9.17, 15) is 4.79 Å². The first-order valence-electron chi connectivity index (χ1n) is 12.3. The molecule has 0 spiro atoms. The monoisotopic (exact) mass is 421 g/mol. The lowest BCUT2D eigenvalue weighted by molar-refractivity contribution is -0.163. The minimum absolute atomic E-state index is 0.0406. The predicted octanol–water partition coefficient (Wildman–Crippen LogP) is 5.46. The Morgan fingerprint density at radius 3 is 2.68 bits per heavy atom. The lowest BCUT2D eigenvalue weighted by Crippen LogP contribution is -2.52. The Balaban J connectivity index is 1.46. The van der Waals surface area contributed by atoms with E-state index in [0.717, 1.165) is 51.7 Å². The molecule has 3 heteroatoms. The molecule has 3 aliphatic rings. The number of hydrogen-bond acceptors (Lipinski definition) is 3. The summed E-state index contributed by atoms with van der Waals surface area (Å²) < 4.78 is 5.75. The predicted molar refractivity (Wildman–Crippen MR) is 126 cm³/mol. The number of esters is 1. The van der Waals surface area contributed by atoms with Crippen molar-refractivity contribution in [3.63, 3.8) is 0 Å². The highest BCUT2D eigenvalue weighted by atomic mass is 16.5. The van der Waals surface area contributed by atoms with Crippen LogP contribution in [0.25, 0.3) is 0 Å². The maximum Gasteiger partial charge on any atom is 0.313 e. The molecule has 0 bridgehead atoms. The second kappa shape index (κ2) is 8.99. The highest BCUT2D eigenvalue weighted by Gasteiger charge is 2.55. The molecule has 2 aliphatic carbocycles. The highest BCUT2D eigenvalue weighted by Crippen LogP contribution is 2.57. The third-order valence-electron chi connectivity index (χ3n) is 8.41. The van der Waals surface area contributed by atoms with Crippen LogP contribution >= 0.6 is 0 Å². The van der Waals surface area contributed by atoms with Crippen LogP contribution in [0, 0.1) is 23.2 Å². The molecule has 0 amide bonds. The fourth-order valence-electron chi connectivity index (χ4n) is 6.54. The molecule has 1 saturated carbocycles. The molecule has 1 aromatic rings. The normalized spacial score (nSPS) is 30.3. The van der Waals surface area contributed by atoms with Crippen molar-refractivity contribution in [2.75, 3.05) is 26.2 Å². The molecule has 4 rings (SSSR count). The van der Waals surface area contributed by atoms with Gasteiger partial charge in [0.25, 0.3) is 0 Å². The summed E-state index contributed by atoms with van der Waals surface area (Å²) in [4.78, 5) is 15.7. The van der Waals surface area contributed by atoms with Crippen LogP contribution in [0.1, 0.15) is 88.8 Å². The Labute approximate surface area is 188 Å². The number of rotatable bonds is 4. The summed E-state index contributed by atoms with van der Waals surface area (Å²) in [5.74, 6) is 7.11. The second-order valence-electron chi connectivity index (χ2n) is 10.8. The van der Waals surface area contributed by atoms with Crippen molar-refractivity contribution in [1.29, 1.82) is 0 Å². The Bertz CT molecular complexity index is 873. The zero-order valence-electron chi connectivity index (χ0n) is 19.9. The van der Waals surface area contributed by atoms with Gasteiger partial charge < -0.3 is 4.74 Å². The molecule has 3 atom stereocenters. The second-order valence-corrected chi connectivity index (χ2v) is 10.8. The maximum absolute atomic E-state index is 13.3. The molecular formula is C28H39NO2. The number of benzene rings is 1. The lowest BCUT2D eigenvalue weighted by Gasteiger charge is -2.54.